The van der Waals surface area contributed by atoms with Gasteiger partial charge in [-0.3, -0.25) is 19.2 Å². The number of carbonyl (C=O) groups is 5. The van der Waals surface area contributed by atoms with Gasteiger partial charge in [-0.15, -0.1) is 0 Å². The second-order valence-electron chi connectivity index (χ2n) is 9.17. The Morgan fingerprint density at radius 3 is 2.14 bits per heavy atom. The van der Waals surface area contributed by atoms with Crippen LogP contribution in [0.5, 0.6) is 0 Å². The summed E-state index contributed by atoms with van der Waals surface area (Å²) in [4.78, 5) is 64.5. The Morgan fingerprint density at radius 2 is 1.54 bits per heavy atom. The molecule has 0 saturated heterocycles. The Morgan fingerprint density at radius 1 is 0.946 bits per heavy atom. The first kappa shape index (κ1) is 29.3. The smallest absolute Gasteiger partial charge is 0.328 e. The third-order valence-electron chi connectivity index (χ3n) is 5.63. The molecule has 0 saturated carbocycles. The lowest BCUT2D eigenvalue weighted by atomic mass is 10.0. The number of primary amides is 1. The van der Waals surface area contributed by atoms with Crippen molar-refractivity contribution < 1.29 is 34.2 Å². The molecule has 0 fully saturated rings. The van der Waals surface area contributed by atoms with Gasteiger partial charge in [-0.2, -0.15) is 0 Å². The van der Waals surface area contributed by atoms with Crippen molar-refractivity contribution in [3.05, 3.63) is 36.0 Å². The number of H-pyrrole nitrogens is 1. The molecule has 37 heavy (non-hydrogen) atoms. The van der Waals surface area contributed by atoms with Crippen LogP contribution < -0.4 is 27.4 Å². The van der Waals surface area contributed by atoms with Crippen LogP contribution in [0.4, 0.5) is 0 Å². The second-order valence-corrected chi connectivity index (χ2v) is 9.17. The van der Waals surface area contributed by atoms with Crippen molar-refractivity contribution in [2.24, 2.45) is 17.4 Å². The number of rotatable bonds is 14. The maximum absolute atomic E-state index is 13.3. The summed E-state index contributed by atoms with van der Waals surface area (Å²) in [6, 6.07) is 2.05. The van der Waals surface area contributed by atoms with Crippen LogP contribution >= 0.6 is 0 Å². The van der Waals surface area contributed by atoms with Crippen molar-refractivity contribution in [1.29, 1.82) is 0 Å². The zero-order chi connectivity index (χ0) is 27.7. The highest BCUT2D eigenvalue weighted by Crippen LogP contribution is 2.19. The lowest BCUT2D eigenvalue weighted by Crippen LogP contribution is -2.58. The Balaban J connectivity index is 2.30. The molecule has 13 nitrogen and oxygen atoms in total. The number of aliphatic hydroxyl groups is 1. The molecular weight excluding hydrogens is 484 g/mol. The van der Waals surface area contributed by atoms with Gasteiger partial charge in [0.25, 0.3) is 0 Å². The van der Waals surface area contributed by atoms with Crippen molar-refractivity contribution in [3.8, 4) is 0 Å². The van der Waals surface area contributed by atoms with E-state index in [-0.39, 0.29) is 12.3 Å². The van der Waals surface area contributed by atoms with E-state index in [1.807, 2.05) is 43.4 Å². The number of aliphatic hydroxyl groups excluding tert-OH is 1. The highest BCUT2D eigenvalue weighted by Gasteiger charge is 2.31. The van der Waals surface area contributed by atoms with Crippen LogP contribution in [-0.4, -0.2) is 75.6 Å². The fourth-order valence-electron chi connectivity index (χ4n) is 3.76. The summed E-state index contributed by atoms with van der Waals surface area (Å²) in [7, 11) is 0. The van der Waals surface area contributed by atoms with E-state index in [2.05, 4.69) is 15.6 Å². The summed E-state index contributed by atoms with van der Waals surface area (Å²) in [5, 5.41) is 26.1. The zero-order valence-electron chi connectivity index (χ0n) is 20.7. The minimum absolute atomic E-state index is 0.0231. The van der Waals surface area contributed by atoms with Gasteiger partial charge in [-0.05, 0) is 24.0 Å². The normalized spacial score (nSPS) is 14.4. The van der Waals surface area contributed by atoms with Gasteiger partial charge in [-0.1, -0.05) is 32.0 Å². The van der Waals surface area contributed by atoms with E-state index in [4.69, 9.17) is 16.6 Å². The number of carboxylic acid groups (broad SMARTS) is 1. The first-order valence-electron chi connectivity index (χ1n) is 11.8. The molecule has 0 aliphatic heterocycles. The number of nitrogens with two attached hydrogens (primary N) is 2. The molecule has 13 heteroatoms. The maximum Gasteiger partial charge on any atom is 0.328 e. The molecule has 4 amide bonds. The van der Waals surface area contributed by atoms with Crippen LogP contribution in [-0.2, 0) is 30.4 Å². The molecule has 10 N–H and O–H groups in total. The van der Waals surface area contributed by atoms with Crippen molar-refractivity contribution in [2.75, 3.05) is 6.61 Å². The molecule has 4 atom stereocenters. The molecule has 2 rings (SSSR count). The van der Waals surface area contributed by atoms with Crippen molar-refractivity contribution in [2.45, 2.75) is 57.3 Å². The average molecular weight is 519 g/mol. The highest BCUT2D eigenvalue weighted by atomic mass is 16.4. The van der Waals surface area contributed by atoms with Crippen LogP contribution in [0.1, 0.15) is 32.3 Å². The van der Waals surface area contributed by atoms with Gasteiger partial charge in [0.1, 0.15) is 18.1 Å². The van der Waals surface area contributed by atoms with Gasteiger partial charge in [-0.25, -0.2) is 4.79 Å². The summed E-state index contributed by atoms with van der Waals surface area (Å²) in [6.07, 6.45) is 1.44. The predicted octanol–water partition coefficient (Wildman–Crippen LogP) is -1.51. The van der Waals surface area contributed by atoms with E-state index < -0.39 is 66.8 Å². The number of carbonyl (C=O) groups excluding carboxylic acids is 4. The van der Waals surface area contributed by atoms with Gasteiger partial charge in [0.15, 0.2) is 0 Å². The van der Waals surface area contributed by atoms with Gasteiger partial charge >= 0.3 is 5.97 Å². The lowest BCUT2D eigenvalue weighted by Gasteiger charge is -2.25. The maximum atomic E-state index is 13.3. The van der Waals surface area contributed by atoms with E-state index in [0.717, 1.165) is 10.9 Å². The number of carboxylic acids is 1. The van der Waals surface area contributed by atoms with E-state index >= 15 is 0 Å². The molecule has 1 aromatic heterocycles. The lowest BCUT2D eigenvalue weighted by molar-refractivity contribution is -0.143. The third kappa shape index (κ3) is 8.58. The third-order valence-corrected chi connectivity index (χ3v) is 5.63. The molecule has 2 aromatic rings. The van der Waals surface area contributed by atoms with Gasteiger partial charge in [0, 0.05) is 23.5 Å². The summed E-state index contributed by atoms with van der Waals surface area (Å²) in [5.41, 5.74) is 12.7. The summed E-state index contributed by atoms with van der Waals surface area (Å²) in [5.74, 6) is -4.75. The Hall–Kier alpha value is -3.97. The number of benzene rings is 1. The van der Waals surface area contributed by atoms with Gasteiger partial charge < -0.3 is 42.6 Å². The van der Waals surface area contributed by atoms with Crippen molar-refractivity contribution in [3.63, 3.8) is 0 Å². The fraction of sp³-hybridized carbons (Fsp3) is 0.458. The molecule has 202 valence electrons. The average Bonchev–Trinajstić information content (AvgIpc) is 3.23. The number of para-hydroxylation sites is 1. The minimum Gasteiger partial charge on any atom is -0.480 e. The molecule has 0 bridgehead atoms. The largest absolute Gasteiger partial charge is 0.480 e. The molecule has 0 aliphatic rings. The number of hydrogen-bond acceptors (Lipinski definition) is 7. The number of nitrogens with one attached hydrogen (secondary N) is 4. The number of hydrogen-bond donors (Lipinski definition) is 8. The second kappa shape index (κ2) is 13.4. The quantitative estimate of drug-likeness (QED) is 0.146. The molecular formula is C24H34N6O7. The first-order chi connectivity index (χ1) is 17.4. The van der Waals surface area contributed by atoms with Gasteiger partial charge in [0.2, 0.25) is 23.6 Å². The van der Waals surface area contributed by atoms with Crippen LogP contribution in [0, 0.1) is 5.92 Å². The van der Waals surface area contributed by atoms with Crippen molar-refractivity contribution >= 4 is 40.5 Å². The Kier molecular flexibility index (Phi) is 10.6. The summed E-state index contributed by atoms with van der Waals surface area (Å²) >= 11 is 0. The van der Waals surface area contributed by atoms with Crippen LogP contribution in [0.3, 0.4) is 0 Å². The topological polar surface area (TPSA) is 230 Å². The fourth-order valence-corrected chi connectivity index (χ4v) is 3.76. The van der Waals surface area contributed by atoms with E-state index in [1.54, 1.807) is 6.20 Å². The Labute approximate surface area is 213 Å². The number of amides is 4. The summed E-state index contributed by atoms with van der Waals surface area (Å²) in [6.45, 7) is 2.88. The zero-order valence-corrected chi connectivity index (χ0v) is 20.7. The number of fused-ring (bicyclic) bond motifs is 1. The van der Waals surface area contributed by atoms with E-state index in [9.17, 15) is 29.1 Å². The Bertz CT molecular complexity index is 1130. The van der Waals surface area contributed by atoms with Crippen molar-refractivity contribution in [1.82, 2.24) is 20.9 Å². The van der Waals surface area contributed by atoms with Gasteiger partial charge in [0.05, 0.1) is 19.1 Å². The molecule has 1 aromatic carbocycles. The van der Waals surface area contributed by atoms with Crippen LogP contribution in [0.25, 0.3) is 10.9 Å². The van der Waals surface area contributed by atoms with Crippen LogP contribution in [0.2, 0.25) is 0 Å². The number of aromatic amines is 1. The molecule has 4 unspecified atom stereocenters. The molecule has 0 spiro atoms. The van der Waals surface area contributed by atoms with E-state index in [1.165, 1.54) is 0 Å². The minimum atomic E-state index is -1.66. The first-order valence-corrected chi connectivity index (χ1v) is 11.8. The number of aliphatic carboxylic acids is 1. The monoisotopic (exact) mass is 518 g/mol. The number of aromatic nitrogens is 1. The van der Waals surface area contributed by atoms with Crippen LogP contribution in [0.15, 0.2) is 30.5 Å². The summed E-state index contributed by atoms with van der Waals surface area (Å²) < 4.78 is 0. The SMILES string of the molecule is CC(C)CC(N)C(=O)NC(Cc1c[nH]c2ccccc12)C(=O)NC(CC(N)=O)C(=O)NC(CO)C(=O)O. The molecule has 0 radical (unpaired) electrons. The highest BCUT2D eigenvalue weighted by molar-refractivity contribution is 5.96. The molecule has 0 aliphatic carbocycles. The standard InChI is InChI=1S/C24H34N6O7/c1-12(2)7-15(25)21(33)28-17(8-13-10-27-16-6-4-3-5-14(13)16)22(34)29-18(9-20(26)32)23(35)30-19(11-31)24(36)37/h3-6,10,12,15,17-19,27,31H,7-9,11,25H2,1-2H3,(H2,26,32)(H,28,33)(H,29,34)(H,30,35)(H,36,37). The van der Waals surface area contributed by atoms with E-state index in [0.29, 0.717) is 12.0 Å². The predicted molar refractivity (Wildman–Crippen MR) is 134 cm³/mol. The molecule has 1 heterocycles.